The van der Waals surface area contributed by atoms with Crippen LogP contribution < -0.4 is 5.73 Å². The molecule has 0 amide bonds. The van der Waals surface area contributed by atoms with Gasteiger partial charge in [0.05, 0.1) is 16.8 Å². The lowest BCUT2D eigenvalue weighted by molar-refractivity contribution is 0.714. The fourth-order valence-electron chi connectivity index (χ4n) is 0.989. The summed E-state index contributed by atoms with van der Waals surface area (Å²) in [5.74, 6) is 0. The lowest BCUT2D eigenvalue weighted by Gasteiger charge is -2.09. The van der Waals surface area contributed by atoms with Crippen LogP contribution in [0.4, 0.5) is 0 Å². The maximum atomic E-state index is 5.95. The zero-order valence-electron chi connectivity index (χ0n) is 7.00. The van der Waals surface area contributed by atoms with Gasteiger partial charge in [-0.05, 0) is 28.4 Å². The summed E-state index contributed by atoms with van der Waals surface area (Å²) < 4.78 is 0.854. The van der Waals surface area contributed by atoms with Crippen LogP contribution in [0.5, 0.6) is 0 Å². The van der Waals surface area contributed by atoms with Crippen LogP contribution in [0.1, 0.15) is 18.2 Å². The van der Waals surface area contributed by atoms with Crippen molar-refractivity contribution in [2.24, 2.45) is 5.73 Å². The number of hydrogen-bond donors (Lipinski definition) is 1. The van der Waals surface area contributed by atoms with E-state index in [1.54, 1.807) is 18.3 Å². The summed E-state index contributed by atoms with van der Waals surface area (Å²) in [5.41, 5.74) is 6.54. The molecule has 1 aromatic rings. The van der Waals surface area contributed by atoms with Gasteiger partial charge in [0.2, 0.25) is 0 Å². The molecule has 2 nitrogen and oxygen atoms in total. The number of pyridine rings is 1. The summed E-state index contributed by atoms with van der Waals surface area (Å²) in [5, 5.41) is 0.587. The van der Waals surface area contributed by atoms with E-state index in [1.807, 2.05) is 0 Å². The van der Waals surface area contributed by atoms with Crippen LogP contribution in [0.2, 0.25) is 5.02 Å². The molecule has 0 aliphatic heterocycles. The first-order chi connectivity index (χ1) is 6.15. The second-order valence-electron chi connectivity index (χ2n) is 2.65. The highest BCUT2D eigenvalue weighted by Gasteiger charge is 2.10. The quantitative estimate of drug-likeness (QED) is 0.849. The minimum absolute atomic E-state index is 0.168. The zero-order chi connectivity index (χ0) is 9.84. The van der Waals surface area contributed by atoms with E-state index in [0.717, 1.165) is 4.47 Å². The predicted molar refractivity (Wildman–Crippen MR) is 58.7 cm³/mol. The second-order valence-corrected chi connectivity index (χ2v) is 3.97. The van der Waals surface area contributed by atoms with Gasteiger partial charge >= 0.3 is 0 Å². The molecule has 1 aromatic heterocycles. The Hall–Kier alpha value is -0.380. The van der Waals surface area contributed by atoms with Crippen LogP contribution >= 0.6 is 27.5 Å². The Labute approximate surface area is 90.9 Å². The van der Waals surface area contributed by atoms with Crippen molar-refractivity contribution in [1.82, 2.24) is 4.98 Å². The summed E-state index contributed by atoms with van der Waals surface area (Å²) in [7, 11) is 0. The molecule has 1 unspecified atom stereocenters. The van der Waals surface area contributed by atoms with Crippen LogP contribution in [0.15, 0.2) is 29.4 Å². The number of nitrogens with two attached hydrogens (primary N) is 1. The number of hydrogen-bond acceptors (Lipinski definition) is 2. The number of aromatic nitrogens is 1. The molecule has 1 heterocycles. The Morgan fingerprint density at radius 2 is 2.46 bits per heavy atom. The summed E-state index contributed by atoms with van der Waals surface area (Å²) >= 11 is 9.23. The normalized spacial score (nSPS) is 12.5. The molecule has 70 valence electrons. The molecule has 0 radical (unpaired) electrons. The molecule has 0 saturated carbocycles. The fraction of sp³-hybridized carbons (Fsp3) is 0.222. The summed E-state index contributed by atoms with van der Waals surface area (Å²) in [4.78, 5) is 4.14. The molecule has 0 aliphatic carbocycles. The molecular formula is C9H10BrClN2. The maximum absolute atomic E-state index is 5.95. The SMILES string of the molecule is C=CCC(N)c1ncc(Br)cc1Cl. The van der Waals surface area contributed by atoms with Gasteiger partial charge in [0.15, 0.2) is 0 Å². The Balaban J connectivity index is 2.94. The van der Waals surface area contributed by atoms with E-state index < -0.39 is 0 Å². The van der Waals surface area contributed by atoms with Gasteiger partial charge in [-0.1, -0.05) is 17.7 Å². The molecule has 13 heavy (non-hydrogen) atoms. The van der Waals surface area contributed by atoms with Crippen LogP contribution in [-0.4, -0.2) is 4.98 Å². The van der Waals surface area contributed by atoms with Crippen molar-refractivity contribution < 1.29 is 0 Å². The molecule has 1 atom stereocenters. The van der Waals surface area contributed by atoms with Crippen LogP contribution in [0.3, 0.4) is 0 Å². The monoisotopic (exact) mass is 260 g/mol. The highest BCUT2D eigenvalue weighted by atomic mass is 79.9. The first kappa shape index (κ1) is 10.7. The second kappa shape index (κ2) is 4.74. The Bertz CT molecular complexity index is 314. The summed E-state index contributed by atoms with van der Waals surface area (Å²) in [6.45, 7) is 3.61. The third-order valence-corrected chi connectivity index (χ3v) is 2.34. The molecule has 0 aromatic carbocycles. The van der Waals surface area contributed by atoms with Gasteiger partial charge in [-0.25, -0.2) is 0 Å². The van der Waals surface area contributed by atoms with E-state index in [-0.39, 0.29) is 6.04 Å². The van der Waals surface area contributed by atoms with Gasteiger partial charge in [0.25, 0.3) is 0 Å². The molecular weight excluding hydrogens is 251 g/mol. The van der Waals surface area contributed by atoms with Crippen LogP contribution in [0.25, 0.3) is 0 Å². The van der Waals surface area contributed by atoms with Gasteiger partial charge in [-0.2, -0.15) is 0 Å². The first-order valence-electron chi connectivity index (χ1n) is 3.82. The largest absolute Gasteiger partial charge is 0.322 e. The third kappa shape index (κ3) is 2.79. The zero-order valence-corrected chi connectivity index (χ0v) is 9.35. The van der Waals surface area contributed by atoms with Crippen molar-refractivity contribution in [3.05, 3.63) is 40.1 Å². The fourth-order valence-corrected chi connectivity index (χ4v) is 1.76. The van der Waals surface area contributed by atoms with Gasteiger partial charge in [-0.3, -0.25) is 4.98 Å². The van der Waals surface area contributed by atoms with E-state index in [1.165, 1.54) is 0 Å². The number of halogens is 2. The van der Waals surface area contributed by atoms with E-state index >= 15 is 0 Å². The third-order valence-electron chi connectivity index (χ3n) is 1.61. The molecule has 0 saturated heterocycles. The lowest BCUT2D eigenvalue weighted by Crippen LogP contribution is -2.11. The van der Waals surface area contributed by atoms with Crippen molar-refractivity contribution >= 4 is 27.5 Å². The number of rotatable bonds is 3. The van der Waals surface area contributed by atoms with Gasteiger partial charge in [-0.15, -0.1) is 6.58 Å². The predicted octanol–water partition coefficient (Wildman–Crippen LogP) is 3.07. The molecule has 4 heteroatoms. The Morgan fingerprint density at radius 3 is 3.00 bits per heavy atom. The Morgan fingerprint density at radius 1 is 1.77 bits per heavy atom. The van der Waals surface area contributed by atoms with E-state index in [2.05, 4.69) is 27.5 Å². The van der Waals surface area contributed by atoms with Crippen LogP contribution in [0, 0.1) is 0 Å². The van der Waals surface area contributed by atoms with Crippen molar-refractivity contribution in [2.75, 3.05) is 0 Å². The highest BCUT2D eigenvalue weighted by molar-refractivity contribution is 9.10. The Kier molecular flexibility index (Phi) is 3.90. The average Bonchev–Trinajstić information content (AvgIpc) is 2.04. The molecule has 1 rings (SSSR count). The lowest BCUT2D eigenvalue weighted by atomic mass is 10.1. The maximum Gasteiger partial charge on any atom is 0.0760 e. The van der Waals surface area contributed by atoms with Gasteiger partial charge in [0.1, 0.15) is 0 Å². The van der Waals surface area contributed by atoms with Crippen LogP contribution in [-0.2, 0) is 0 Å². The number of nitrogens with zero attached hydrogens (tertiary/aromatic N) is 1. The minimum atomic E-state index is -0.168. The summed E-state index contributed by atoms with van der Waals surface area (Å²) in [6, 6.07) is 1.62. The standard InChI is InChI=1S/C9H10BrClN2/c1-2-3-8(12)9-7(11)4-6(10)5-13-9/h2,4-5,8H,1,3,12H2. The van der Waals surface area contributed by atoms with Crippen molar-refractivity contribution in [2.45, 2.75) is 12.5 Å². The van der Waals surface area contributed by atoms with Crippen molar-refractivity contribution in [1.29, 1.82) is 0 Å². The highest BCUT2D eigenvalue weighted by Crippen LogP contribution is 2.24. The van der Waals surface area contributed by atoms with Gasteiger partial charge < -0.3 is 5.73 Å². The van der Waals surface area contributed by atoms with Crippen molar-refractivity contribution in [3.8, 4) is 0 Å². The molecule has 0 spiro atoms. The van der Waals surface area contributed by atoms with E-state index in [0.29, 0.717) is 17.1 Å². The minimum Gasteiger partial charge on any atom is -0.322 e. The summed E-state index contributed by atoms with van der Waals surface area (Å²) in [6.07, 6.45) is 4.11. The van der Waals surface area contributed by atoms with Gasteiger partial charge in [0, 0.05) is 10.7 Å². The topological polar surface area (TPSA) is 38.9 Å². The molecule has 2 N–H and O–H groups in total. The first-order valence-corrected chi connectivity index (χ1v) is 4.99. The molecule has 0 aliphatic rings. The average molecular weight is 262 g/mol. The molecule has 0 fully saturated rings. The smallest absolute Gasteiger partial charge is 0.0760 e. The van der Waals surface area contributed by atoms with E-state index in [9.17, 15) is 0 Å². The van der Waals surface area contributed by atoms with E-state index in [4.69, 9.17) is 17.3 Å². The van der Waals surface area contributed by atoms with Crippen molar-refractivity contribution in [3.63, 3.8) is 0 Å². The molecule has 0 bridgehead atoms.